The predicted molar refractivity (Wildman–Crippen MR) is 126 cm³/mol. The fourth-order valence-electron chi connectivity index (χ4n) is 3.32. The van der Waals surface area contributed by atoms with Gasteiger partial charge in [0.05, 0.1) is 11.6 Å². The predicted octanol–water partition coefficient (Wildman–Crippen LogP) is 6.57. The van der Waals surface area contributed by atoms with E-state index in [9.17, 15) is 4.79 Å². The number of halogens is 1. The van der Waals surface area contributed by atoms with Gasteiger partial charge < -0.3 is 14.5 Å². The number of hydrogen-bond acceptors (Lipinski definition) is 4. The highest BCUT2D eigenvalue weighted by Crippen LogP contribution is 2.26. The van der Waals surface area contributed by atoms with E-state index in [1.54, 1.807) is 25.3 Å². The number of anilines is 1. The van der Waals surface area contributed by atoms with Crippen LogP contribution in [0.5, 0.6) is 5.75 Å². The van der Waals surface area contributed by atoms with Crippen LogP contribution in [0.25, 0.3) is 11.1 Å². The van der Waals surface area contributed by atoms with E-state index in [0.29, 0.717) is 29.5 Å². The second-order valence-corrected chi connectivity index (χ2v) is 8.52. The number of carbonyl (C=O) groups excluding carboxylic acids is 1. The van der Waals surface area contributed by atoms with Crippen LogP contribution in [0, 0.1) is 0 Å². The number of rotatable bonds is 6. The van der Waals surface area contributed by atoms with Crippen LogP contribution >= 0.6 is 15.9 Å². The lowest BCUT2D eigenvalue weighted by molar-refractivity contribution is 0.102. The van der Waals surface area contributed by atoms with Crippen molar-refractivity contribution >= 4 is 38.6 Å². The van der Waals surface area contributed by atoms with Crippen molar-refractivity contribution in [2.45, 2.75) is 26.2 Å². The molecule has 1 heterocycles. The van der Waals surface area contributed by atoms with Gasteiger partial charge in [0.25, 0.3) is 5.91 Å². The zero-order chi connectivity index (χ0) is 22.0. The minimum atomic E-state index is -0.184. The average Bonchev–Trinajstić information content (AvgIpc) is 3.16. The van der Waals surface area contributed by atoms with Crippen LogP contribution in [0.2, 0.25) is 0 Å². The van der Waals surface area contributed by atoms with E-state index in [-0.39, 0.29) is 5.91 Å². The second kappa shape index (κ2) is 8.94. The molecule has 4 aromatic rings. The van der Waals surface area contributed by atoms with E-state index in [4.69, 9.17) is 9.15 Å². The lowest BCUT2D eigenvalue weighted by Gasteiger charge is -2.08. The number of benzene rings is 3. The summed E-state index contributed by atoms with van der Waals surface area (Å²) in [5, 5.41) is 2.91. The van der Waals surface area contributed by atoms with Crippen LogP contribution in [0.4, 0.5) is 5.69 Å². The number of nitrogens with one attached hydrogen (secondary N) is 1. The van der Waals surface area contributed by atoms with Gasteiger partial charge in [0.15, 0.2) is 11.5 Å². The highest BCUT2D eigenvalue weighted by atomic mass is 79.9. The molecule has 0 spiro atoms. The van der Waals surface area contributed by atoms with Crippen molar-refractivity contribution in [3.8, 4) is 5.75 Å². The maximum atomic E-state index is 12.5. The molecule has 0 saturated carbocycles. The second-order valence-electron chi connectivity index (χ2n) is 7.67. The molecule has 0 fully saturated rings. The monoisotopic (exact) mass is 478 g/mol. The van der Waals surface area contributed by atoms with E-state index < -0.39 is 0 Å². The SMILES string of the molecule is COc1ccc(C(=O)Nc2ccc(Cc3nc4cc(C(C)C)ccc4o3)cc2)cc1Br. The Morgan fingerprint density at radius 1 is 1.10 bits per heavy atom. The molecule has 0 aliphatic rings. The normalized spacial score (nSPS) is 11.1. The molecule has 0 unspecified atom stereocenters. The molecule has 5 nitrogen and oxygen atoms in total. The Kier molecular flexibility index (Phi) is 6.09. The molecule has 0 bridgehead atoms. The summed E-state index contributed by atoms with van der Waals surface area (Å²) in [5.41, 5.74) is 5.26. The maximum Gasteiger partial charge on any atom is 0.255 e. The molecule has 31 heavy (non-hydrogen) atoms. The zero-order valence-electron chi connectivity index (χ0n) is 17.6. The summed E-state index contributed by atoms with van der Waals surface area (Å²) in [4.78, 5) is 17.2. The molecule has 0 radical (unpaired) electrons. The Morgan fingerprint density at radius 2 is 1.87 bits per heavy atom. The molecular formula is C25H23BrN2O3. The van der Waals surface area contributed by atoms with Crippen LogP contribution in [0.3, 0.4) is 0 Å². The van der Waals surface area contributed by atoms with Gasteiger partial charge in [-0.1, -0.05) is 32.0 Å². The van der Waals surface area contributed by atoms with Crippen LogP contribution < -0.4 is 10.1 Å². The molecular weight excluding hydrogens is 456 g/mol. The quantitative estimate of drug-likeness (QED) is 0.340. The molecule has 3 aromatic carbocycles. The number of amides is 1. The average molecular weight is 479 g/mol. The third kappa shape index (κ3) is 4.80. The number of oxazole rings is 1. The molecule has 6 heteroatoms. The summed E-state index contributed by atoms with van der Waals surface area (Å²) in [5.74, 6) is 1.62. The summed E-state index contributed by atoms with van der Waals surface area (Å²) in [6.45, 7) is 4.33. The van der Waals surface area contributed by atoms with Gasteiger partial charge in [-0.05, 0) is 75.4 Å². The molecule has 0 aliphatic heterocycles. The molecule has 4 rings (SSSR count). The first-order valence-electron chi connectivity index (χ1n) is 10.1. The molecule has 1 aromatic heterocycles. The molecule has 1 N–H and O–H groups in total. The number of nitrogens with zero attached hydrogens (tertiary/aromatic N) is 1. The van der Waals surface area contributed by atoms with Crippen LogP contribution in [0.1, 0.15) is 47.1 Å². The molecule has 0 saturated heterocycles. The van der Waals surface area contributed by atoms with Crippen molar-refractivity contribution in [1.29, 1.82) is 0 Å². The highest BCUT2D eigenvalue weighted by Gasteiger charge is 2.11. The van der Waals surface area contributed by atoms with Crippen molar-refractivity contribution in [3.05, 3.63) is 87.7 Å². The minimum Gasteiger partial charge on any atom is -0.496 e. The minimum absolute atomic E-state index is 0.184. The first-order chi connectivity index (χ1) is 14.9. The first kappa shape index (κ1) is 21.1. The number of ether oxygens (including phenoxy) is 1. The van der Waals surface area contributed by atoms with Gasteiger partial charge in [0.2, 0.25) is 0 Å². The van der Waals surface area contributed by atoms with E-state index in [1.807, 2.05) is 30.3 Å². The Morgan fingerprint density at radius 3 is 2.55 bits per heavy atom. The lowest BCUT2D eigenvalue weighted by Crippen LogP contribution is -2.11. The van der Waals surface area contributed by atoms with Gasteiger partial charge in [0.1, 0.15) is 11.3 Å². The van der Waals surface area contributed by atoms with Crippen molar-refractivity contribution in [2.75, 3.05) is 12.4 Å². The van der Waals surface area contributed by atoms with Gasteiger partial charge >= 0.3 is 0 Å². The molecule has 0 atom stereocenters. The summed E-state index contributed by atoms with van der Waals surface area (Å²) in [6.07, 6.45) is 0.589. The largest absolute Gasteiger partial charge is 0.496 e. The molecule has 1 amide bonds. The number of aromatic nitrogens is 1. The van der Waals surface area contributed by atoms with Gasteiger partial charge in [-0.25, -0.2) is 4.98 Å². The highest BCUT2D eigenvalue weighted by molar-refractivity contribution is 9.10. The Hall–Kier alpha value is -3.12. The summed E-state index contributed by atoms with van der Waals surface area (Å²) in [7, 11) is 1.59. The van der Waals surface area contributed by atoms with E-state index in [2.05, 4.69) is 52.2 Å². The van der Waals surface area contributed by atoms with Gasteiger partial charge in [-0.15, -0.1) is 0 Å². The van der Waals surface area contributed by atoms with Gasteiger partial charge in [-0.3, -0.25) is 4.79 Å². The number of methoxy groups -OCH3 is 1. The summed E-state index contributed by atoms with van der Waals surface area (Å²) in [6, 6.07) is 19.1. The van der Waals surface area contributed by atoms with Crippen molar-refractivity contribution in [1.82, 2.24) is 4.98 Å². The third-order valence-corrected chi connectivity index (χ3v) is 5.72. The lowest BCUT2D eigenvalue weighted by atomic mass is 10.0. The third-order valence-electron chi connectivity index (χ3n) is 5.10. The topological polar surface area (TPSA) is 64.4 Å². The molecule has 158 valence electrons. The van der Waals surface area contributed by atoms with E-state index in [0.717, 1.165) is 26.8 Å². The van der Waals surface area contributed by atoms with Crippen LogP contribution in [-0.4, -0.2) is 18.0 Å². The number of fused-ring (bicyclic) bond motifs is 1. The van der Waals surface area contributed by atoms with E-state index >= 15 is 0 Å². The number of hydrogen-bond donors (Lipinski definition) is 1. The Bertz CT molecular complexity index is 1230. The Balaban J connectivity index is 1.44. The smallest absolute Gasteiger partial charge is 0.255 e. The Labute approximate surface area is 189 Å². The van der Waals surface area contributed by atoms with Crippen molar-refractivity contribution in [3.63, 3.8) is 0 Å². The van der Waals surface area contributed by atoms with E-state index in [1.165, 1.54) is 5.56 Å². The van der Waals surface area contributed by atoms with Crippen molar-refractivity contribution < 1.29 is 13.9 Å². The summed E-state index contributed by atoms with van der Waals surface area (Å²) < 4.78 is 11.8. The zero-order valence-corrected chi connectivity index (χ0v) is 19.2. The van der Waals surface area contributed by atoms with Gasteiger partial charge in [0, 0.05) is 17.7 Å². The fraction of sp³-hybridized carbons (Fsp3) is 0.200. The van der Waals surface area contributed by atoms with Gasteiger partial charge in [-0.2, -0.15) is 0 Å². The fourth-order valence-corrected chi connectivity index (χ4v) is 3.86. The van der Waals surface area contributed by atoms with Crippen LogP contribution in [-0.2, 0) is 6.42 Å². The first-order valence-corrected chi connectivity index (χ1v) is 10.9. The standard InChI is InChI=1S/C25H23BrN2O3/c1-15(2)17-6-11-23-21(14-17)28-24(31-23)12-16-4-8-19(9-5-16)27-25(29)18-7-10-22(30-3)20(26)13-18/h4-11,13-15H,12H2,1-3H3,(H,27,29). The molecule has 0 aliphatic carbocycles. The van der Waals surface area contributed by atoms with Crippen molar-refractivity contribution in [2.24, 2.45) is 0 Å². The number of carbonyl (C=O) groups is 1. The summed E-state index contributed by atoms with van der Waals surface area (Å²) >= 11 is 3.41. The van der Waals surface area contributed by atoms with Crippen LogP contribution in [0.15, 0.2) is 69.6 Å². The maximum absolute atomic E-state index is 12.5.